The molecule has 1 heterocycles. The van der Waals surface area contributed by atoms with Crippen LogP contribution in [0.3, 0.4) is 0 Å². The third kappa shape index (κ3) is 0.758. The molecule has 1 aliphatic rings. The third-order valence-corrected chi connectivity index (χ3v) is 1.76. The van der Waals surface area contributed by atoms with Gasteiger partial charge in [-0.2, -0.15) is 0 Å². The minimum atomic E-state index is -0.911. The Labute approximate surface area is 44.0 Å². The Hall–Kier alpha value is 0.488. The molecule has 0 aliphatic carbocycles. The van der Waals surface area contributed by atoms with E-state index in [1.807, 2.05) is 0 Å². The Morgan fingerprint density at radius 2 is 2.17 bits per heavy atom. The van der Waals surface area contributed by atoms with Crippen molar-refractivity contribution in [3.8, 4) is 0 Å². The van der Waals surface area contributed by atoms with Crippen LogP contribution in [0.15, 0.2) is 0 Å². The van der Waals surface area contributed by atoms with Crippen molar-refractivity contribution >= 4 is 23.8 Å². The van der Waals surface area contributed by atoms with Crippen molar-refractivity contribution in [1.82, 2.24) is 0 Å². The molecule has 1 N–H and O–H groups in total. The molecule has 0 bridgehead atoms. The predicted octanol–water partition coefficient (Wildman–Crippen LogP) is -2.34. The zero-order valence-electron chi connectivity index (χ0n) is 3.42. The Bertz CT molecular complexity index is 46.8. The van der Waals surface area contributed by atoms with Crippen molar-refractivity contribution in [1.29, 1.82) is 0 Å². The molecule has 6 heavy (non-hydrogen) atoms. The van der Waals surface area contributed by atoms with Gasteiger partial charge in [0.1, 0.15) is 0 Å². The second-order valence-corrected chi connectivity index (χ2v) is 3.12. The molecule has 0 spiro atoms. The van der Waals surface area contributed by atoms with Crippen molar-refractivity contribution in [2.24, 2.45) is 0 Å². The van der Waals surface area contributed by atoms with Gasteiger partial charge in [0.2, 0.25) is 0 Å². The summed E-state index contributed by atoms with van der Waals surface area (Å²) in [6.45, 7) is 0. The van der Waals surface area contributed by atoms with Crippen molar-refractivity contribution < 1.29 is 14.3 Å². The molecule has 3 nitrogen and oxygen atoms in total. The SMILES string of the molecule is OB1O[CH]([GeH3])O1. The van der Waals surface area contributed by atoms with Crippen molar-refractivity contribution in [2.45, 2.75) is 5.12 Å². The molecule has 1 aliphatic heterocycles. The zero-order valence-corrected chi connectivity index (χ0v) is 7.61. The fourth-order valence-electron chi connectivity index (χ4n) is 0.338. The van der Waals surface area contributed by atoms with E-state index in [1.165, 1.54) is 0 Å². The molecule has 0 aromatic rings. The van der Waals surface area contributed by atoms with Gasteiger partial charge in [0, 0.05) is 0 Å². The van der Waals surface area contributed by atoms with Gasteiger partial charge in [-0.3, -0.25) is 0 Å². The molecule has 1 rings (SSSR count). The van der Waals surface area contributed by atoms with Crippen LogP contribution < -0.4 is 0 Å². The monoisotopic (exact) mass is 150 g/mol. The summed E-state index contributed by atoms with van der Waals surface area (Å²) >= 11 is 0.534. The molecule has 0 atom stereocenters. The van der Waals surface area contributed by atoms with Crippen LogP contribution in [0, 0.1) is 0 Å². The maximum absolute atomic E-state index is 8.20. The normalized spacial score (nSPS) is 24.5. The van der Waals surface area contributed by atoms with Crippen LogP contribution in [0.25, 0.3) is 0 Å². The fourth-order valence-corrected chi connectivity index (χ4v) is 1.32. The van der Waals surface area contributed by atoms with Crippen LogP contribution in [-0.4, -0.2) is 34.0 Å². The van der Waals surface area contributed by atoms with Gasteiger partial charge in [0.15, 0.2) is 0 Å². The molecular weight excluding hydrogens is 143 g/mol. The molecule has 0 radical (unpaired) electrons. The molecule has 0 saturated carbocycles. The molecule has 0 unspecified atom stereocenters. The number of hydrogen-bond acceptors (Lipinski definition) is 3. The molecule has 1 saturated heterocycles. The van der Waals surface area contributed by atoms with Gasteiger partial charge < -0.3 is 0 Å². The third-order valence-electron chi connectivity index (χ3n) is 0.616. The standard InChI is InChI=1S/CH5BGeO3/c3-1-5-2(4)6-1/h1,4H,3H3. The molecular formula is CH5BGeO3. The van der Waals surface area contributed by atoms with Gasteiger partial charge in [-0.05, 0) is 0 Å². The Balaban J connectivity index is 2.11. The van der Waals surface area contributed by atoms with E-state index in [9.17, 15) is 0 Å². The van der Waals surface area contributed by atoms with E-state index >= 15 is 0 Å². The summed E-state index contributed by atoms with van der Waals surface area (Å²) in [5.74, 6) is 0. The van der Waals surface area contributed by atoms with E-state index in [4.69, 9.17) is 5.02 Å². The fraction of sp³-hybridized carbons (Fsp3) is 1.00. The van der Waals surface area contributed by atoms with Crippen LogP contribution in [0.2, 0.25) is 0 Å². The van der Waals surface area contributed by atoms with Crippen LogP contribution >= 0.6 is 0 Å². The molecule has 1 fully saturated rings. The summed E-state index contributed by atoms with van der Waals surface area (Å²) < 4.78 is 9.11. The maximum atomic E-state index is 8.20. The summed E-state index contributed by atoms with van der Waals surface area (Å²) in [7, 11) is -0.911. The van der Waals surface area contributed by atoms with Gasteiger partial charge in [-0.15, -0.1) is 0 Å². The van der Waals surface area contributed by atoms with E-state index in [1.54, 1.807) is 0 Å². The van der Waals surface area contributed by atoms with Crippen molar-refractivity contribution in [3.63, 3.8) is 0 Å². The number of rotatable bonds is 0. The summed E-state index contributed by atoms with van der Waals surface area (Å²) in [5.41, 5.74) is 0. The van der Waals surface area contributed by atoms with E-state index in [0.29, 0.717) is 16.5 Å². The molecule has 0 aromatic heterocycles. The van der Waals surface area contributed by atoms with Crippen molar-refractivity contribution in [3.05, 3.63) is 0 Å². The molecule has 0 aromatic carbocycles. The van der Waals surface area contributed by atoms with Gasteiger partial charge >= 0.3 is 43.3 Å². The zero-order chi connectivity index (χ0) is 4.57. The molecule has 5 heteroatoms. The predicted molar refractivity (Wildman–Crippen MR) is 23.9 cm³/mol. The summed E-state index contributed by atoms with van der Waals surface area (Å²) in [6.07, 6.45) is 0. The van der Waals surface area contributed by atoms with Gasteiger partial charge in [0.25, 0.3) is 0 Å². The first-order valence-corrected chi connectivity index (χ1v) is 4.20. The van der Waals surface area contributed by atoms with Gasteiger partial charge in [-0.1, -0.05) is 0 Å². The van der Waals surface area contributed by atoms with Crippen molar-refractivity contribution in [2.75, 3.05) is 0 Å². The van der Waals surface area contributed by atoms with E-state index < -0.39 is 7.32 Å². The van der Waals surface area contributed by atoms with E-state index in [-0.39, 0.29) is 5.12 Å². The quantitative estimate of drug-likeness (QED) is 0.392. The van der Waals surface area contributed by atoms with E-state index in [0.717, 1.165) is 0 Å². The molecule has 34 valence electrons. The second-order valence-electron chi connectivity index (χ2n) is 1.15. The average Bonchev–Trinajstić information content (AvgIpc) is 1.33. The Morgan fingerprint density at radius 3 is 2.17 bits per heavy atom. The summed E-state index contributed by atoms with van der Waals surface area (Å²) in [5, 5.41) is 8.18. The first kappa shape index (κ1) is 4.64. The number of hydrogen-bond donors (Lipinski definition) is 1. The minimum absolute atomic E-state index is 0.0208. The molecule has 0 amide bonds. The van der Waals surface area contributed by atoms with E-state index in [2.05, 4.69) is 9.31 Å². The second kappa shape index (κ2) is 1.53. The summed E-state index contributed by atoms with van der Waals surface area (Å²) in [4.78, 5) is 0. The van der Waals surface area contributed by atoms with Gasteiger partial charge in [0.05, 0.1) is 0 Å². The Morgan fingerprint density at radius 1 is 1.67 bits per heavy atom. The summed E-state index contributed by atoms with van der Waals surface area (Å²) in [6, 6.07) is 0. The van der Waals surface area contributed by atoms with Crippen LogP contribution in [0.4, 0.5) is 0 Å². The van der Waals surface area contributed by atoms with Crippen LogP contribution in [0.5, 0.6) is 0 Å². The average molecular weight is 148 g/mol. The topological polar surface area (TPSA) is 38.7 Å². The van der Waals surface area contributed by atoms with Gasteiger partial charge in [-0.25, -0.2) is 0 Å². The Kier molecular flexibility index (Phi) is 1.19. The van der Waals surface area contributed by atoms with Crippen LogP contribution in [0.1, 0.15) is 0 Å². The first-order chi connectivity index (χ1) is 2.79. The first-order valence-electron chi connectivity index (χ1n) is 1.78. The van der Waals surface area contributed by atoms with Crippen LogP contribution in [-0.2, 0) is 9.31 Å².